The number of methoxy groups -OCH3 is 1. The van der Waals surface area contributed by atoms with Crippen LogP contribution in [0, 0.1) is 0 Å². The number of carboxylic acid groups (broad SMARTS) is 1. The average Bonchev–Trinajstić information content (AvgIpc) is 2.78. The van der Waals surface area contributed by atoms with Gasteiger partial charge in [-0.2, -0.15) is 0 Å². The zero-order chi connectivity index (χ0) is 23.4. The molecule has 0 saturated carbocycles. The van der Waals surface area contributed by atoms with Crippen LogP contribution in [0.2, 0.25) is 0 Å². The summed E-state index contributed by atoms with van der Waals surface area (Å²) in [6, 6.07) is 11.2. The third-order valence-corrected chi connectivity index (χ3v) is 5.40. The molecule has 0 atom stereocenters. The minimum absolute atomic E-state index is 0.0713. The molecule has 1 aliphatic heterocycles. The molecule has 9 heteroatoms. The van der Waals surface area contributed by atoms with Gasteiger partial charge in [0.2, 0.25) is 0 Å². The minimum atomic E-state index is -1.08. The van der Waals surface area contributed by atoms with Crippen molar-refractivity contribution in [3.63, 3.8) is 0 Å². The van der Waals surface area contributed by atoms with E-state index in [0.29, 0.717) is 17.0 Å². The van der Waals surface area contributed by atoms with Gasteiger partial charge < -0.3 is 14.7 Å². The molecule has 0 unspecified atom stereocenters. The van der Waals surface area contributed by atoms with Gasteiger partial charge in [0.1, 0.15) is 11.3 Å². The number of anilines is 2. The Hall–Kier alpha value is -3.72. The van der Waals surface area contributed by atoms with Crippen LogP contribution >= 0.6 is 12.2 Å². The number of aromatic carboxylic acids is 1. The van der Waals surface area contributed by atoms with Gasteiger partial charge in [-0.1, -0.05) is 0 Å². The van der Waals surface area contributed by atoms with Crippen molar-refractivity contribution >= 4 is 52.6 Å². The lowest BCUT2D eigenvalue weighted by atomic mass is 10.0. The van der Waals surface area contributed by atoms with E-state index < -0.39 is 17.8 Å². The van der Waals surface area contributed by atoms with Crippen LogP contribution in [0.15, 0.2) is 48.0 Å². The van der Waals surface area contributed by atoms with Crippen LogP contribution in [-0.4, -0.2) is 48.2 Å². The van der Waals surface area contributed by atoms with Crippen LogP contribution in [0.1, 0.15) is 29.8 Å². The molecule has 2 amide bonds. The fourth-order valence-corrected chi connectivity index (χ4v) is 3.69. The molecule has 1 fully saturated rings. The first-order valence-electron chi connectivity index (χ1n) is 9.98. The average molecular weight is 454 g/mol. The monoisotopic (exact) mass is 453 g/mol. The summed E-state index contributed by atoms with van der Waals surface area (Å²) in [5, 5.41) is 11.5. The first-order chi connectivity index (χ1) is 15.3. The molecule has 1 heterocycles. The summed E-state index contributed by atoms with van der Waals surface area (Å²) in [5.74, 6) is -1.80. The Morgan fingerprint density at radius 1 is 1.16 bits per heavy atom. The lowest BCUT2D eigenvalue weighted by molar-refractivity contribution is -0.122. The van der Waals surface area contributed by atoms with Crippen LogP contribution in [0.25, 0.3) is 6.08 Å². The van der Waals surface area contributed by atoms with E-state index in [1.165, 1.54) is 37.5 Å². The molecule has 2 aromatic rings. The van der Waals surface area contributed by atoms with E-state index in [4.69, 9.17) is 22.1 Å². The SMILES string of the molecule is CCN(CC)c1ccc(/C=C2\C(=O)NC(=S)N(c3ccc(C(=O)O)cc3)C2=O)c(OC)c1. The number of ether oxygens (including phenoxy) is 1. The smallest absolute Gasteiger partial charge is 0.335 e. The van der Waals surface area contributed by atoms with Crippen molar-refractivity contribution in [3.8, 4) is 5.75 Å². The van der Waals surface area contributed by atoms with Crippen molar-refractivity contribution in [2.24, 2.45) is 0 Å². The van der Waals surface area contributed by atoms with Gasteiger partial charge in [0.05, 0.1) is 18.4 Å². The number of benzene rings is 2. The van der Waals surface area contributed by atoms with Crippen molar-refractivity contribution in [2.45, 2.75) is 13.8 Å². The predicted octanol–water partition coefficient (Wildman–Crippen LogP) is 3.07. The van der Waals surface area contributed by atoms with E-state index in [-0.39, 0.29) is 16.2 Å². The Bertz CT molecular complexity index is 1110. The molecule has 1 saturated heterocycles. The molecular weight excluding hydrogens is 430 g/mol. The number of hydrogen-bond acceptors (Lipinski definition) is 6. The third-order valence-electron chi connectivity index (χ3n) is 5.12. The summed E-state index contributed by atoms with van der Waals surface area (Å²) < 4.78 is 5.50. The topological polar surface area (TPSA) is 99.2 Å². The van der Waals surface area contributed by atoms with Gasteiger partial charge in [-0.25, -0.2) is 4.79 Å². The molecule has 3 rings (SSSR count). The molecule has 0 spiro atoms. The van der Waals surface area contributed by atoms with Crippen molar-refractivity contribution in [3.05, 3.63) is 59.2 Å². The molecular formula is C23H23N3O5S. The molecule has 0 aromatic heterocycles. The number of nitrogens with zero attached hydrogens (tertiary/aromatic N) is 2. The van der Waals surface area contributed by atoms with Gasteiger partial charge >= 0.3 is 5.97 Å². The highest BCUT2D eigenvalue weighted by atomic mass is 32.1. The van der Waals surface area contributed by atoms with Crippen molar-refractivity contribution in [1.82, 2.24) is 5.32 Å². The molecule has 1 aliphatic rings. The van der Waals surface area contributed by atoms with Crippen LogP contribution in [0.3, 0.4) is 0 Å². The van der Waals surface area contributed by atoms with Crippen molar-refractivity contribution < 1.29 is 24.2 Å². The summed E-state index contributed by atoms with van der Waals surface area (Å²) >= 11 is 5.19. The first-order valence-corrected chi connectivity index (χ1v) is 10.4. The summed E-state index contributed by atoms with van der Waals surface area (Å²) in [6.45, 7) is 5.76. The molecule has 0 aliphatic carbocycles. The fourth-order valence-electron chi connectivity index (χ4n) is 3.41. The van der Waals surface area contributed by atoms with Crippen LogP contribution < -0.4 is 19.9 Å². The summed E-state index contributed by atoms with van der Waals surface area (Å²) in [7, 11) is 1.53. The normalized spacial score (nSPS) is 15.0. The lowest BCUT2D eigenvalue weighted by Crippen LogP contribution is -2.54. The van der Waals surface area contributed by atoms with Crippen LogP contribution in [0.4, 0.5) is 11.4 Å². The molecule has 166 valence electrons. The molecule has 0 bridgehead atoms. The highest BCUT2D eigenvalue weighted by Crippen LogP contribution is 2.29. The number of carbonyl (C=O) groups is 3. The maximum Gasteiger partial charge on any atom is 0.335 e. The van der Waals surface area contributed by atoms with E-state index in [2.05, 4.69) is 24.1 Å². The van der Waals surface area contributed by atoms with Gasteiger partial charge in [-0.15, -0.1) is 0 Å². The van der Waals surface area contributed by atoms with Gasteiger partial charge in [-0.05, 0) is 68.5 Å². The number of amides is 2. The zero-order valence-electron chi connectivity index (χ0n) is 17.9. The molecule has 32 heavy (non-hydrogen) atoms. The van der Waals surface area contributed by atoms with E-state index in [1.54, 1.807) is 6.07 Å². The largest absolute Gasteiger partial charge is 0.496 e. The first kappa shape index (κ1) is 23.0. The predicted molar refractivity (Wildman–Crippen MR) is 126 cm³/mol. The van der Waals surface area contributed by atoms with Crippen molar-refractivity contribution in [2.75, 3.05) is 30.0 Å². The Labute approximate surface area is 191 Å². The summed E-state index contributed by atoms with van der Waals surface area (Å²) in [5.41, 5.74) is 1.84. The second kappa shape index (κ2) is 9.61. The Kier molecular flexibility index (Phi) is 6.89. The maximum atomic E-state index is 13.2. The molecule has 8 nitrogen and oxygen atoms in total. The number of carbonyl (C=O) groups excluding carboxylic acids is 2. The Morgan fingerprint density at radius 3 is 2.38 bits per heavy atom. The Balaban J connectivity index is 1.99. The van der Waals surface area contributed by atoms with Gasteiger partial charge in [0, 0.05) is 30.4 Å². The van der Waals surface area contributed by atoms with Crippen molar-refractivity contribution in [1.29, 1.82) is 0 Å². The number of carboxylic acids is 1. The van der Waals surface area contributed by atoms with E-state index in [0.717, 1.165) is 23.7 Å². The summed E-state index contributed by atoms with van der Waals surface area (Å²) in [4.78, 5) is 40.1. The van der Waals surface area contributed by atoms with Gasteiger partial charge in [-0.3, -0.25) is 19.8 Å². The third kappa shape index (κ3) is 4.47. The van der Waals surface area contributed by atoms with Gasteiger partial charge in [0.15, 0.2) is 5.11 Å². The van der Waals surface area contributed by atoms with Gasteiger partial charge in [0.25, 0.3) is 11.8 Å². The highest BCUT2D eigenvalue weighted by molar-refractivity contribution is 7.80. The number of thiocarbonyl (C=S) groups is 1. The zero-order valence-corrected chi connectivity index (χ0v) is 18.7. The standard InChI is InChI=1S/C23H23N3O5S/c1-4-25(5-2)17-11-8-15(19(13-17)31-3)12-18-20(27)24-23(32)26(21(18)28)16-9-6-14(7-10-16)22(29)30/h6-13H,4-5H2,1-3H3,(H,29,30)(H,24,27,32)/b18-12+. The molecule has 2 aromatic carbocycles. The molecule has 2 N–H and O–H groups in total. The maximum absolute atomic E-state index is 13.2. The quantitative estimate of drug-likeness (QED) is 0.378. The fraction of sp³-hybridized carbons (Fsp3) is 0.217. The van der Waals surface area contributed by atoms with Crippen LogP contribution in [-0.2, 0) is 9.59 Å². The van der Waals surface area contributed by atoms with Crippen LogP contribution in [0.5, 0.6) is 5.75 Å². The number of nitrogens with one attached hydrogen (secondary N) is 1. The van der Waals surface area contributed by atoms with E-state index >= 15 is 0 Å². The lowest BCUT2D eigenvalue weighted by Gasteiger charge is -2.29. The summed E-state index contributed by atoms with van der Waals surface area (Å²) in [6.07, 6.45) is 1.46. The van der Waals surface area contributed by atoms with E-state index in [9.17, 15) is 14.4 Å². The molecule has 0 radical (unpaired) electrons. The minimum Gasteiger partial charge on any atom is -0.496 e. The number of rotatable bonds is 7. The second-order valence-corrected chi connectivity index (χ2v) is 7.30. The Morgan fingerprint density at radius 2 is 1.81 bits per heavy atom. The number of hydrogen-bond donors (Lipinski definition) is 2. The van der Waals surface area contributed by atoms with E-state index in [1.807, 2.05) is 12.1 Å². The second-order valence-electron chi connectivity index (χ2n) is 6.91. The highest BCUT2D eigenvalue weighted by Gasteiger charge is 2.34.